The van der Waals surface area contributed by atoms with Gasteiger partial charge in [0.1, 0.15) is 0 Å². The van der Waals surface area contributed by atoms with Crippen molar-refractivity contribution in [1.82, 2.24) is 19.7 Å². The molecule has 1 aromatic carbocycles. The highest BCUT2D eigenvalue weighted by Crippen LogP contribution is 2.23. The second-order valence-corrected chi connectivity index (χ2v) is 6.65. The zero-order chi connectivity index (χ0) is 19.9. The Hall–Kier alpha value is -3.20. The maximum atomic E-state index is 12.4. The predicted molar refractivity (Wildman–Crippen MR) is 106 cm³/mol. The topological polar surface area (TPSA) is 99.0 Å². The maximum absolute atomic E-state index is 12.4. The number of para-hydroxylation sites is 1. The van der Waals surface area contributed by atoms with Crippen LogP contribution in [0.2, 0.25) is 0 Å². The number of amides is 1. The van der Waals surface area contributed by atoms with Crippen molar-refractivity contribution in [3.63, 3.8) is 0 Å². The van der Waals surface area contributed by atoms with Crippen molar-refractivity contribution in [2.45, 2.75) is 12.1 Å². The third-order valence-electron chi connectivity index (χ3n) is 3.80. The standard InChI is InChI=1S/C19H19N5O3S/c1-3-27-18(26)14-6-4-5-7-15(14)21-16(25)12-28-19-23-22-17(24(19)2)13-8-10-20-11-9-13/h4-11H,3,12H2,1-2H3,(H,21,25). The van der Waals surface area contributed by atoms with Crippen LogP contribution in [0.3, 0.4) is 0 Å². The number of carbonyl (C=O) groups excluding carboxylic acids is 2. The summed E-state index contributed by atoms with van der Waals surface area (Å²) in [5.74, 6) is 0.0916. The molecule has 9 heteroatoms. The van der Waals surface area contributed by atoms with E-state index < -0.39 is 5.97 Å². The van der Waals surface area contributed by atoms with E-state index in [1.54, 1.807) is 43.6 Å². The van der Waals surface area contributed by atoms with Gasteiger partial charge in [0.15, 0.2) is 11.0 Å². The average Bonchev–Trinajstić information content (AvgIpc) is 3.08. The molecule has 8 nitrogen and oxygen atoms in total. The Morgan fingerprint density at radius 1 is 1.14 bits per heavy atom. The molecular weight excluding hydrogens is 378 g/mol. The largest absolute Gasteiger partial charge is 0.462 e. The van der Waals surface area contributed by atoms with Crippen molar-refractivity contribution in [3.8, 4) is 11.4 Å². The quantitative estimate of drug-likeness (QED) is 0.483. The molecular formula is C19H19N5O3S. The van der Waals surface area contributed by atoms with Gasteiger partial charge in [-0.1, -0.05) is 23.9 Å². The fraction of sp³-hybridized carbons (Fsp3) is 0.211. The van der Waals surface area contributed by atoms with Gasteiger partial charge in [0.25, 0.3) is 0 Å². The summed E-state index contributed by atoms with van der Waals surface area (Å²) in [6.07, 6.45) is 3.37. The maximum Gasteiger partial charge on any atom is 0.340 e. The summed E-state index contributed by atoms with van der Waals surface area (Å²) in [6, 6.07) is 10.4. The molecule has 0 atom stereocenters. The van der Waals surface area contributed by atoms with Gasteiger partial charge >= 0.3 is 5.97 Å². The average molecular weight is 397 g/mol. The van der Waals surface area contributed by atoms with E-state index in [1.807, 2.05) is 23.7 Å². The molecule has 0 aliphatic heterocycles. The minimum atomic E-state index is -0.471. The summed E-state index contributed by atoms with van der Waals surface area (Å²) in [5, 5.41) is 11.7. The number of esters is 1. The smallest absolute Gasteiger partial charge is 0.340 e. The van der Waals surface area contributed by atoms with Crippen molar-refractivity contribution in [3.05, 3.63) is 54.4 Å². The van der Waals surface area contributed by atoms with Gasteiger partial charge in [0.2, 0.25) is 5.91 Å². The molecule has 0 aliphatic carbocycles. The fourth-order valence-corrected chi connectivity index (χ4v) is 3.20. The lowest BCUT2D eigenvalue weighted by molar-refractivity contribution is -0.113. The number of ether oxygens (including phenoxy) is 1. The third kappa shape index (κ3) is 4.55. The number of benzene rings is 1. The van der Waals surface area contributed by atoms with Crippen molar-refractivity contribution < 1.29 is 14.3 Å². The van der Waals surface area contributed by atoms with Crippen LogP contribution < -0.4 is 5.32 Å². The molecule has 28 heavy (non-hydrogen) atoms. The Labute approximate surface area is 166 Å². The van der Waals surface area contributed by atoms with E-state index >= 15 is 0 Å². The van der Waals surface area contributed by atoms with E-state index in [2.05, 4.69) is 20.5 Å². The monoisotopic (exact) mass is 397 g/mol. The normalized spacial score (nSPS) is 10.5. The highest BCUT2D eigenvalue weighted by molar-refractivity contribution is 7.99. The van der Waals surface area contributed by atoms with E-state index in [0.717, 1.165) is 5.56 Å². The molecule has 1 amide bonds. The summed E-state index contributed by atoms with van der Waals surface area (Å²) in [5.41, 5.74) is 1.63. The number of pyridine rings is 1. The molecule has 1 N–H and O–H groups in total. The lowest BCUT2D eigenvalue weighted by Gasteiger charge is -2.10. The second kappa shape index (κ2) is 9.14. The van der Waals surface area contributed by atoms with Crippen molar-refractivity contribution in [1.29, 1.82) is 0 Å². The highest BCUT2D eigenvalue weighted by Gasteiger charge is 2.16. The zero-order valence-electron chi connectivity index (χ0n) is 15.5. The van der Waals surface area contributed by atoms with E-state index in [4.69, 9.17) is 4.74 Å². The van der Waals surface area contributed by atoms with Crippen LogP contribution >= 0.6 is 11.8 Å². The molecule has 2 aromatic heterocycles. The summed E-state index contributed by atoms with van der Waals surface area (Å²) >= 11 is 1.26. The number of hydrogen-bond acceptors (Lipinski definition) is 7. The number of nitrogens with one attached hydrogen (secondary N) is 1. The van der Waals surface area contributed by atoms with Gasteiger partial charge in [-0.05, 0) is 31.2 Å². The van der Waals surface area contributed by atoms with Crippen molar-refractivity contribution in [2.24, 2.45) is 7.05 Å². The van der Waals surface area contributed by atoms with E-state index in [0.29, 0.717) is 22.2 Å². The third-order valence-corrected chi connectivity index (χ3v) is 4.82. The molecule has 0 fully saturated rings. The summed E-state index contributed by atoms with van der Waals surface area (Å²) < 4.78 is 6.84. The number of thioether (sulfide) groups is 1. The van der Waals surface area contributed by atoms with Crippen LogP contribution in [0.15, 0.2) is 53.9 Å². The van der Waals surface area contributed by atoms with Gasteiger partial charge < -0.3 is 14.6 Å². The molecule has 144 valence electrons. The molecule has 3 rings (SSSR count). The van der Waals surface area contributed by atoms with E-state index in [1.165, 1.54) is 11.8 Å². The molecule has 0 radical (unpaired) electrons. The number of nitrogens with zero attached hydrogens (tertiary/aromatic N) is 4. The fourth-order valence-electron chi connectivity index (χ4n) is 2.49. The molecule has 3 aromatic rings. The Balaban J connectivity index is 1.65. The summed E-state index contributed by atoms with van der Waals surface area (Å²) in [4.78, 5) is 28.3. The molecule has 0 spiro atoms. The Morgan fingerprint density at radius 3 is 2.64 bits per heavy atom. The summed E-state index contributed by atoms with van der Waals surface area (Å²) in [7, 11) is 1.84. The minimum absolute atomic E-state index is 0.124. The lowest BCUT2D eigenvalue weighted by atomic mass is 10.2. The Bertz CT molecular complexity index is 975. The van der Waals surface area contributed by atoms with E-state index in [9.17, 15) is 9.59 Å². The molecule has 0 aliphatic rings. The van der Waals surface area contributed by atoms with Crippen molar-refractivity contribution >= 4 is 29.3 Å². The van der Waals surface area contributed by atoms with Crippen LogP contribution in [0.25, 0.3) is 11.4 Å². The van der Waals surface area contributed by atoms with E-state index in [-0.39, 0.29) is 18.3 Å². The van der Waals surface area contributed by atoms with Gasteiger partial charge in [-0.15, -0.1) is 10.2 Å². The number of rotatable bonds is 7. The number of hydrogen-bond donors (Lipinski definition) is 1. The van der Waals surface area contributed by atoms with Gasteiger partial charge in [0.05, 0.1) is 23.6 Å². The van der Waals surface area contributed by atoms with Crippen LogP contribution in [0.4, 0.5) is 5.69 Å². The first-order valence-electron chi connectivity index (χ1n) is 8.58. The minimum Gasteiger partial charge on any atom is -0.462 e. The van der Waals surface area contributed by atoms with Crippen LogP contribution in [0, 0.1) is 0 Å². The SMILES string of the molecule is CCOC(=O)c1ccccc1NC(=O)CSc1nnc(-c2ccncc2)n1C. The van der Waals surface area contributed by atoms with Crippen molar-refractivity contribution in [2.75, 3.05) is 17.7 Å². The molecule has 0 bridgehead atoms. The Morgan fingerprint density at radius 2 is 1.89 bits per heavy atom. The molecule has 2 heterocycles. The first kappa shape index (κ1) is 19.6. The van der Waals surface area contributed by atoms with Crippen LogP contribution in [0.1, 0.15) is 17.3 Å². The summed E-state index contributed by atoms with van der Waals surface area (Å²) in [6.45, 7) is 2.00. The van der Waals surface area contributed by atoms with Gasteiger partial charge in [-0.3, -0.25) is 9.78 Å². The number of anilines is 1. The van der Waals surface area contributed by atoms with Gasteiger partial charge in [-0.25, -0.2) is 4.79 Å². The molecule has 0 saturated carbocycles. The molecule has 0 unspecified atom stereocenters. The highest BCUT2D eigenvalue weighted by atomic mass is 32.2. The first-order chi connectivity index (χ1) is 13.6. The van der Waals surface area contributed by atoms with Crippen LogP contribution in [-0.2, 0) is 16.6 Å². The van der Waals surface area contributed by atoms with Gasteiger partial charge in [0, 0.05) is 25.0 Å². The number of carbonyl (C=O) groups is 2. The zero-order valence-corrected chi connectivity index (χ0v) is 16.3. The lowest BCUT2D eigenvalue weighted by Crippen LogP contribution is -2.17. The first-order valence-corrected chi connectivity index (χ1v) is 9.57. The second-order valence-electron chi connectivity index (χ2n) is 5.70. The van der Waals surface area contributed by atoms with Crippen LogP contribution in [0.5, 0.6) is 0 Å². The predicted octanol–water partition coefficient (Wildman–Crippen LogP) is 2.78. The number of aromatic nitrogens is 4. The van der Waals surface area contributed by atoms with Crippen LogP contribution in [-0.4, -0.2) is 44.0 Å². The Kier molecular flexibility index (Phi) is 6.38. The van der Waals surface area contributed by atoms with Gasteiger partial charge in [-0.2, -0.15) is 0 Å². The molecule has 0 saturated heterocycles.